The van der Waals surface area contributed by atoms with E-state index in [2.05, 4.69) is 20.8 Å². The Morgan fingerprint density at radius 3 is 2.42 bits per heavy atom. The Morgan fingerprint density at radius 1 is 1.21 bits per heavy atom. The van der Waals surface area contributed by atoms with E-state index in [0.29, 0.717) is 12.3 Å². The number of carbonyl (C=O) groups is 1. The van der Waals surface area contributed by atoms with Crippen LogP contribution in [0.4, 0.5) is 0 Å². The molecule has 1 aromatic rings. The fraction of sp³-hybridized carbons (Fsp3) is 0.588. The van der Waals surface area contributed by atoms with Crippen molar-refractivity contribution in [2.45, 2.75) is 46.1 Å². The third-order valence-corrected chi connectivity index (χ3v) is 4.44. The molecular weight excluding hydrogens is 236 g/mol. The summed E-state index contributed by atoms with van der Waals surface area (Å²) in [7, 11) is 0. The van der Waals surface area contributed by atoms with Crippen molar-refractivity contribution in [2.24, 2.45) is 17.3 Å². The van der Waals surface area contributed by atoms with Crippen molar-refractivity contribution in [1.29, 1.82) is 0 Å². The minimum absolute atomic E-state index is 0.204. The van der Waals surface area contributed by atoms with Crippen LogP contribution in [0.15, 0.2) is 30.3 Å². The van der Waals surface area contributed by atoms with Crippen molar-refractivity contribution in [1.82, 2.24) is 0 Å². The van der Waals surface area contributed by atoms with Crippen LogP contribution in [0, 0.1) is 17.3 Å². The normalized spacial score (nSPS) is 26.2. The van der Waals surface area contributed by atoms with Gasteiger partial charge in [0.1, 0.15) is 5.78 Å². The number of ketones is 1. The Morgan fingerprint density at radius 2 is 1.84 bits per heavy atom. The van der Waals surface area contributed by atoms with Crippen molar-refractivity contribution >= 4 is 5.78 Å². The zero-order valence-corrected chi connectivity index (χ0v) is 12.1. The van der Waals surface area contributed by atoms with Gasteiger partial charge in [-0.15, -0.1) is 0 Å². The third-order valence-electron chi connectivity index (χ3n) is 4.44. The lowest BCUT2D eigenvalue weighted by molar-refractivity contribution is -0.131. The standard InChI is InChI=1S/C17H24O2/c1-17(2,3)13-9-10-15(18)14(11-13)16(19)12-7-5-4-6-8-12/h4-8,13-14,16,19H,9-11H2,1-3H3/t13?,14-,16+/m1/s1. The van der Waals surface area contributed by atoms with E-state index in [9.17, 15) is 9.90 Å². The molecule has 1 fully saturated rings. The number of benzene rings is 1. The molecule has 0 bridgehead atoms. The molecule has 0 aliphatic heterocycles. The van der Waals surface area contributed by atoms with Crippen LogP contribution in [0.2, 0.25) is 0 Å². The molecular formula is C17H24O2. The molecule has 1 unspecified atom stereocenters. The highest BCUT2D eigenvalue weighted by atomic mass is 16.3. The fourth-order valence-electron chi connectivity index (χ4n) is 3.03. The Kier molecular flexibility index (Phi) is 4.10. The molecule has 3 atom stereocenters. The molecule has 0 amide bonds. The molecule has 0 heterocycles. The number of aliphatic hydroxyl groups excluding tert-OH is 1. The van der Waals surface area contributed by atoms with Gasteiger partial charge in [0, 0.05) is 12.3 Å². The van der Waals surface area contributed by atoms with Crippen LogP contribution in [-0.2, 0) is 4.79 Å². The lowest BCUT2D eigenvalue weighted by Crippen LogP contribution is -2.35. The number of hydrogen-bond donors (Lipinski definition) is 1. The van der Waals surface area contributed by atoms with Crippen molar-refractivity contribution in [3.05, 3.63) is 35.9 Å². The topological polar surface area (TPSA) is 37.3 Å². The number of carbonyl (C=O) groups excluding carboxylic acids is 1. The summed E-state index contributed by atoms with van der Waals surface area (Å²) in [5.74, 6) is 0.491. The molecule has 104 valence electrons. The number of hydrogen-bond acceptors (Lipinski definition) is 2. The molecule has 19 heavy (non-hydrogen) atoms. The van der Waals surface area contributed by atoms with Gasteiger partial charge >= 0.3 is 0 Å². The van der Waals surface area contributed by atoms with Crippen molar-refractivity contribution in [2.75, 3.05) is 0 Å². The maximum absolute atomic E-state index is 12.1. The summed E-state index contributed by atoms with van der Waals surface area (Å²) in [4.78, 5) is 12.1. The van der Waals surface area contributed by atoms with Gasteiger partial charge in [-0.3, -0.25) is 4.79 Å². The zero-order valence-electron chi connectivity index (χ0n) is 12.1. The fourth-order valence-corrected chi connectivity index (χ4v) is 3.03. The number of rotatable bonds is 2. The van der Waals surface area contributed by atoms with Crippen molar-refractivity contribution in [3.63, 3.8) is 0 Å². The molecule has 0 radical (unpaired) electrons. The molecule has 1 aromatic carbocycles. The van der Waals surface area contributed by atoms with Crippen LogP contribution in [0.25, 0.3) is 0 Å². The largest absolute Gasteiger partial charge is 0.388 e. The molecule has 1 aliphatic carbocycles. The van der Waals surface area contributed by atoms with Gasteiger partial charge in [-0.2, -0.15) is 0 Å². The van der Waals surface area contributed by atoms with E-state index >= 15 is 0 Å². The maximum atomic E-state index is 12.1. The second kappa shape index (κ2) is 5.46. The summed E-state index contributed by atoms with van der Waals surface area (Å²) >= 11 is 0. The van der Waals surface area contributed by atoms with E-state index in [4.69, 9.17) is 0 Å². The first-order valence-electron chi connectivity index (χ1n) is 7.15. The monoisotopic (exact) mass is 260 g/mol. The minimum Gasteiger partial charge on any atom is -0.388 e. The van der Waals surface area contributed by atoms with E-state index in [1.54, 1.807) is 0 Å². The van der Waals surface area contributed by atoms with Crippen LogP contribution in [-0.4, -0.2) is 10.9 Å². The smallest absolute Gasteiger partial charge is 0.138 e. The molecule has 1 saturated carbocycles. The van der Waals surface area contributed by atoms with Gasteiger partial charge in [-0.05, 0) is 29.7 Å². The van der Waals surface area contributed by atoms with Crippen LogP contribution >= 0.6 is 0 Å². The van der Waals surface area contributed by atoms with Gasteiger partial charge in [0.05, 0.1) is 6.10 Å². The average Bonchev–Trinajstić information content (AvgIpc) is 2.38. The van der Waals surface area contributed by atoms with E-state index in [1.807, 2.05) is 30.3 Å². The molecule has 0 spiro atoms. The predicted octanol–water partition coefficient (Wildman–Crippen LogP) is 3.75. The average molecular weight is 260 g/mol. The van der Waals surface area contributed by atoms with Gasteiger partial charge in [-0.25, -0.2) is 0 Å². The van der Waals surface area contributed by atoms with E-state index in [1.165, 1.54) is 0 Å². The van der Waals surface area contributed by atoms with Crippen molar-refractivity contribution < 1.29 is 9.90 Å². The quantitative estimate of drug-likeness (QED) is 0.879. The summed E-state index contributed by atoms with van der Waals surface area (Å²) in [6, 6.07) is 9.55. The summed E-state index contributed by atoms with van der Waals surface area (Å²) in [6.07, 6.45) is 1.72. The van der Waals surface area contributed by atoms with E-state index in [-0.39, 0.29) is 17.1 Å². The van der Waals surface area contributed by atoms with Crippen LogP contribution in [0.1, 0.15) is 51.7 Å². The minimum atomic E-state index is -0.654. The second-order valence-electron chi connectivity index (χ2n) is 6.77. The zero-order chi connectivity index (χ0) is 14.0. The Labute approximate surface area is 115 Å². The molecule has 2 rings (SSSR count). The SMILES string of the molecule is CC(C)(C)C1CCC(=O)[C@H]([C@@H](O)c2ccccc2)C1. The first-order valence-corrected chi connectivity index (χ1v) is 7.15. The Bertz CT molecular complexity index is 430. The van der Waals surface area contributed by atoms with E-state index < -0.39 is 6.10 Å². The summed E-state index contributed by atoms with van der Waals surface area (Å²) in [6.45, 7) is 6.66. The first-order chi connectivity index (χ1) is 8.89. The summed E-state index contributed by atoms with van der Waals surface area (Å²) < 4.78 is 0. The molecule has 2 heteroatoms. The highest BCUT2D eigenvalue weighted by molar-refractivity contribution is 5.82. The van der Waals surface area contributed by atoms with Crippen molar-refractivity contribution in [3.8, 4) is 0 Å². The predicted molar refractivity (Wildman–Crippen MR) is 76.7 cm³/mol. The molecule has 0 saturated heterocycles. The summed E-state index contributed by atoms with van der Waals surface area (Å²) in [5.41, 5.74) is 1.06. The van der Waals surface area contributed by atoms with Gasteiger partial charge < -0.3 is 5.11 Å². The van der Waals surface area contributed by atoms with Gasteiger partial charge in [0.25, 0.3) is 0 Å². The van der Waals surface area contributed by atoms with Gasteiger partial charge in [-0.1, -0.05) is 51.1 Å². The third kappa shape index (κ3) is 3.24. The van der Waals surface area contributed by atoms with Gasteiger partial charge in [0.15, 0.2) is 0 Å². The molecule has 1 N–H and O–H groups in total. The van der Waals surface area contributed by atoms with E-state index in [0.717, 1.165) is 18.4 Å². The lowest BCUT2D eigenvalue weighted by Gasteiger charge is -2.38. The maximum Gasteiger partial charge on any atom is 0.138 e. The lowest BCUT2D eigenvalue weighted by atomic mass is 9.67. The number of Topliss-reactive ketones (excluding diaryl/α,β-unsaturated/α-hetero) is 1. The number of aliphatic hydroxyl groups is 1. The van der Waals surface area contributed by atoms with Gasteiger partial charge in [0.2, 0.25) is 0 Å². The Balaban J connectivity index is 2.16. The van der Waals surface area contributed by atoms with Crippen LogP contribution < -0.4 is 0 Å². The molecule has 0 aromatic heterocycles. The highest BCUT2D eigenvalue weighted by Gasteiger charge is 2.38. The molecule has 2 nitrogen and oxygen atoms in total. The first kappa shape index (κ1) is 14.3. The van der Waals surface area contributed by atoms with Crippen LogP contribution in [0.3, 0.4) is 0 Å². The summed E-state index contributed by atoms with van der Waals surface area (Å²) in [5, 5.41) is 10.5. The highest BCUT2D eigenvalue weighted by Crippen LogP contribution is 2.42. The molecule has 1 aliphatic rings. The van der Waals surface area contributed by atoms with Crippen LogP contribution in [0.5, 0.6) is 0 Å². The Hall–Kier alpha value is -1.15. The second-order valence-corrected chi connectivity index (χ2v) is 6.77.